The van der Waals surface area contributed by atoms with E-state index in [4.69, 9.17) is 4.52 Å². The van der Waals surface area contributed by atoms with Crippen LogP contribution in [0.25, 0.3) is 22.3 Å². The van der Waals surface area contributed by atoms with Gasteiger partial charge in [-0.1, -0.05) is 5.16 Å². The molecule has 3 aromatic heterocycles. The topological polar surface area (TPSA) is 89.0 Å². The van der Waals surface area contributed by atoms with Crippen LogP contribution in [0, 0.1) is 6.92 Å². The molecule has 4 rings (SSSR count). The van der Waals surface area contributed by atoms with Gasteiger partial charge in [-0.3, -0.25) is 0 Å². The average molecular weight is 317 g/mol. The number of hydrogen-bond donors (Lipinski definition) is 2. The third-order valence-corrected chi connectivity index (χ3v) is 4.63. The Labute approximate surface area is 129 Å². The monoisotopic (exact) mass is 317 g/mol. The molecule has 0 spiro atoms. The Morgan fingerprint density at radius 3 is 3.05 bits per heavy atom. The Hall–Kier alpha value is -1.98. The number of nitrogens with one attached hydrogen (secondary N) is 1. The standard InChI is InChI=1S/C14H16N5O2P/c1-6-9-8(20)4-3-7-10(12(9)17-21-6)11-13(18-22)15-5-16-14(11)19(7)2/h5,8,20H,3-4,22H2,1-2H3,(H,15,16,18). The van der Waals surface area contributed by atoms with E-state index in [1.54, 1.807) is 0 Å². The molecule has 3 heterocycles. The number of anilines is 1. The minimum atomic E-state index is -0.569. The molecule has 0 fully saturated rings. The molecule has 1 aliphatic carbocycles. The van der Waals surface area contributed by atoms with Crippen molar-refractivity contribution in [2.45, 2.75) is 25.9 Å². The summed E-state index contributed by atoms with van der Waals surface area (Å²) in [4.78, 5) is 8.70. The molecule has 2 unspecified atom stereocenters. The lowest BCUT2D eigenvalue weighted by atomic mass is 10.0. The first-order valence-electron chi connectivity index (χ1n) is 7.07. The van der Waals surface area contributed by atoms with Gasteiger partial charge in [0.1, 0.15) is 29.2 Å². The van der Waals surface area contributed by atoms with Gasteiger partial charge >= 0.3 is 0 Å². The van der Waals surface area contributed by atoms with Crippen molar-refractivity contribution in [3.05, 3.63) is 23.3 Å². The van der Waals surface area contributed by atoms with E-state index in [0.717, 1.165) is 40.1 Å². The van der Waals surface area contributed by atoms with Crippen LogP contribution in [-0.2, 0) is 13.5 Å². The summed E-state index contributed by atoms with van der Waals surface area (Å²) in [6.45, 7) is 1.83. The van der Waals surface area contributed by atoms with E-state index in [1.807, 2.05) is 18.5 Å². The van der Waals surface area contributed by atoms with E-state index < -0.39 is 6.10 Å². The highest BCUT2D eigenvalue weighted by atomic mass is 31.0. The van der Waals surface area contributed by atoms with Crippen LogP contribution in [0.5, 0.6) is 0 Å². The second kappa shape index (κ2) is 4.76. The van der Waals surface area contributed by atoms with Crippen molar-refractivity contribution in [1.82, 2.24) is 19.7 Å². The third-order valence-electron chi connectivity index (χ3n) is 4.36. The minimum absolute atomic E-state index is 0.569. The van der Waals surface area contributed by atoms with E-state index >= 15 is 0 Å². The number of aliphatic hydroxyl groups is 1. The van der Waals surface area contributed by atoms with Crippen molar-refractivity contribution >= 4 is 26.2 Å². The van der Waals surface area contributed by atoms with Crippen LogP contribution < -0.4 is 5.09 Å². The van der Waals surface area contributed by atoms with Crippen molar-refractivity contribution in [3.8, 4) is 11.3 Å². The zero-order chi connectivity index (χ0) is 15.4. The molecule has 7 nitrogen and oxygen atoms in total. The number of hydrogen-bond acceptors (Lipinski definition) is 6. The number of aryl methyl sites for hydroxylation is 2. The van der Waals surface area contributed by atoms with Crippen LogP contribution in [0.4, 0.5) is 5.82 Å². The molecule has 0 radical (unpaired) electrons. The van der Waals surface area contributed by atoms with Gasteiger partial charge in [-0.25, -0.2) is 9.97 Å². The van der Waals surface area contributed by atoms with Crippen molar-refractivity contribution in [2.75, 3.05) is 5.09 Å². The molecule has 0 amide bonds. The molecule has 8 heteroatoms. The van der Waals surface area contributed by atoms with Gasteiger partial charge in [0, 0.05) is 18.3 Å². The highest BCUT2D eigenvalue weighted by Gasteiger charge is 2.32. The molecule has 1 aliphatic rings. The Balaban J connectivity index is 2.17. The van der Waals surface area contributed by atoms with Gasteiger partial charge < -0.3 is 19.3 Å². The lowest BCUT2D eigenvalue weighted by Gasteiger charge is -2.08. The van der Waals surface area contributed by atoms with Crippen LogP contribution in [0.2, 0.25) is 0 Å². The quantitative estimate of drug-likeness (QED) is 0.668. The molecule has 0 saturated heterocycles. The van der Waals surface area contributed by atoms with Crippen LogP contribution in [-0.4, -0.2) is 24.8 Å². The molecule has 0 bridgehead atoms. The Kier molecular flexibility index (Phi) is 2.96. The molecule has 3 aromatic rings. The summed E-state index contributed by atoms with van der Waals surface area (Å²) in [6, 6.07) is 0. The molecule has 0 saturated carbocycles. The normalized spacial score (nSPS) is 17.2. The summed E-state index contributed by atoms with van der Waals surface area (Å²) in [7, 11) is 4.44. The lowest BCUT2D eigenvalue weighted by molar-refractivity contribution is 0.166. The molecular formula is C14H16N5O2P. The second-order valence-electron chi connectivity index (χ2n) is 5.50. The smallest absolute Gasteiger partial charge is 0.146 e. The zero-order valence-corrected chi connectivity index (χ0v) is 13.4. The van der Waals surface area contributed by atoms with Crippen LogP contribution >= 0.6 is 9.39 Å². The van der Waals surface area contributed by atoms with Crippen molar-refractivity contribution in [1.29, 1.82) is 0 Å². The van der Waals surface area contributed by atoms with E-state index in [2.05, 4.69) is 29.6 Å². The first-order valence-corrected chi connectivity index (χ1v) is 7.64. The number of nitrogens with zero attached hydrogens (tertiary/aromatic N) is 4. The Morgan fingerprint density at radius 2 is 2.27 bits per heavy atom. The van der Waals surface area contributed by atoms with Gasteiger partial charge in [-0.05, 0) is 29.2 Å². The van der Waals surface area contributed by atoms with Gasteiger partial charge in [0.2, 0.25) is 0 Å². The molecular weight excluding hydrogens is 301 g/mol. The van der Waals surface area contributed by atoms with Gasteiger partial charge in [0.05, 0.1) is 17.1 Å². The maximum Gasteiger partial charge on any atom is 0.146 e. The molecule has 114 valence electrons. The van der Waals surface area contributed by atoms with Crippen LogP contribution in [0.15, 0.2) is 10.9 Å². The summed E-state index contributed by atoms with van der Waals surface area (Å²) < 4.78 is 7.39. The number of fused-ring (bicyclic) bond motifs is 5. The van der Waals surface area contributed by atoms with Gasteiger partial charge in [-0.15, -0.1) is 0 Å². The molecule has 0 aliphatic heterocycles. The first kappa shape index (κ1) is 13.7. The Morgan fingerprint density at radius 1 is 1.45 bits per heavy atom. The van der Waals surface area contributed by atoms with Crippen molar-refractivity contribution in [3.63, 3.8) is 0 Å². The third kappa shape index (κ3) is 1.66. The first-order chi connectivity index (χ1) is 10.6. The van der Waals surface area contributed by atoms with Gasteiger partial charge in [-0.2, -0.15) is 0 Å². The largest absolute Gasteiger partial charge is 0.388 e. The fourth-order valence-electron chi connectivity index (χ4n) is 3.33. The van der Waals surface area contributed by atoms with E-state index in [0.29, 0.717) is 17.9 Å². The van der Waals surface area contributed by atoms with Crippen LogP contribution in [0.3, 0.4) is 0 Å². The number of aliphatic hydroxyl groups excluding tert-OH is 1. The summed E-state index contributed by atoms with van der Waals surface area (Å²) >= 11 is 0. The van der Waals surface area contributed by atoms with E-state index in [9.17, 15) is 5.11 Å². The SMILES string of the molecule is Cc1onc2c1C(O)CCc1c-2c2c(NP)ncnc2n1C. The highest BCUT2D eigenvalue weighted by molar-refractivity contribution is 7.18. The maximum atomic E-state index is 10.4. The maximum absolute atomic E-state index is 10.4. The second-order valence-corrected chi connectivity index (χ2v) is 5.79. The van der Waals surface area contributed by atoms with Crippen LogP contribution in [0.1, 0.15) is 29.5 Å². The average Bonchev–Trinajstić information content (AvgIpc) is 2.98. The summed E-state index contributed by atoms with van der Waals surface area (Å²) in [5, 5.41) is 18.6. The zero-order valence-electron chi connectivity index (χ0n) is 12.3. The Bertz CT molecular complexity index is 885. The van der Waals surface area contributed by atoms with E-state index in [1.165, 1.54) is 6.33 Å². The molecule has 22 heavy (non-hydrogen) atoms. The lowest BCUT2D eigenvalue weighted by Crippen LogP contribution is -2.01. The fraction of sp³-hybridized carbons (Fsp3) is 0.357. The summed E-state index contributed by atoms with van der Waals surface area (Å²) in [5.41, 5.74) is 4.34. The predicted octanol–water partition coefficient (Wildman–Crippen LogP) is 2.11. The minimum Gasteiger partial charge on any atom is -0.388 e. The van der Waals surface area contributed by atoms with Crippen molar-refractivity contribution < 1.29 is 9.63 Å². The summed E-state index contributed by atoms with van der Waals surface area (Å²) in [6.07, 6.45) is 2.34. The van der Waals surface area contributed by atoms with Gasteiger partial charge in [0.25, 0.3) is 0 Å². The van der Waals surface area contributed by atoms with Gasteiger partial charge in [0.15, 0.2) is 0 Å². The highest BCUT2D eigenvalue weighted by Crippen LogP contribution is 2.44. The molecule has 0 aromatic carbocycles. The summed E-state index contributed by atoms with van der Waals surface area (Å²) in [5.74, 6) is 1.37. The van der Waals surface area contributed by atoms with Crippen molar-refractivity contribution in [2.24, 2.45) is 7.05 Å². The molecule has 2 atom stereocenters. The molecule has 2 N–H and O–H groups in total. The fourth-order valence-corrected chi connectivity index (χ4v) is 3.55. The van der Waals surface area contributed by atoms with E-state index in [-0.39, 0.29) is 0 Å². The predicted molar refractivity (Wildman–Crippen MR) is 85.4 cm³/mol. The number of aromatic nitrogens is 4. The number of rotatable bonds is 1.